The van der Waals surface area contributed by atoms with Gasteiger partial charge in [-0.15, -0.1) is 0 Å². The Balaban J connectivity index is 1.37. The maximum atomic E-state index is 12.2. The summed E-state index contributed by atoms with van der Waals surface area (Å²) >= 11 is 0. The largest absolute Gasteiger partial charge is 0.493 e. The summed E-state index contributed by atoms with van der Waals surface area (Å²) < 4.78 is 39.6. The van der Waals surface area contributed by atoms with Gasteiger partial charge in [-0.05, 0) is 64.0 Å². The summed E-state index contributed by atoms with van der Waals surface area (Å²) in [5.74, 6) is 0.913. The Hall–Kier alpha value is -1.70. The molecule has 170 valence electrons. The summed E-state index contributed by atoms with van der Waals surface area (Å²) in [4.78, 5) is 4.84. The highest BCUT2D eigenvalue weighted by Crippen LogP contribution is 2.32. The molecule has 1 N–H and O–H groups in total. The zero-order chi connectivity index (χ0) is 21.8. The molecular weight excluding hydrogens is 412 g/mol. The van der Waals surface area contributed by atoms with Crippen molar-refractivity contribution in [3.05, 3.63) is 35.5 Å². The van der Waals surface area contributed by atoms with Gasteiger partial charge in [-0.3, -0.25) is 0 Å². The molecule has 0 unspecified atom stereocenters. The number of nitrogens with zero attached hydrogens (tertiary/aromatic N) is 1. The van der Waals surface area contributed by atoms with E-state index >= 15 is 0 Å². The summed E-state index contributed by atoms with van der Waals surface area (Å²) in [5.41, 5.74) is 2.89. The molecule has 31 heavy (non-hydrogen) atoms. The van der Waals surface area contributed by atoms with E-state index in [0.717, 1.165) is 79.3 Å². The van der Waals surface area contributed by atoms with Crippen LogP contribution in [0.15, 0.2) is 24.3 Å². The van der Waals surface area contributed by atoms with Crippen LogP contribution in [0.4, 0.5) is 0 Å². The van der Waals surface area contributed by atoms with Gasteiger partial charge in [0, 0.05) is 17.0 Å². The normalized spacial score (nSPS) is 22.0. The number of nitrogens with one attached hydrogen (secondary N) is 1. The SMILES string of the molecule is CCCCOc1c(C)c(COC2CCC(NS(=O)(=O)C3CC3)CC2)nc2ccccc12. The number of hydrogen-bond donors (Lipinski definition) is 1. The lowest BCUT2D eigenvalue weighted by Crippen LogP contribution is -2.40. The van der Waals surface area contributed by atoms with Crippen LogP contribution in [0.5, 0.6) is 5.75 Å². The summed E-state index contributed by atoms with van der Waals surface area (Å²) in [6.07, 6.45) is 7.24. The highest BCUT2D eigenvalue weighted by Gasteiger charge is 2.37. The number of para-hydroxylation sites is 1. The van der Waals surface area contributed by atoms with E-state index in [4.69, 9.17) is 14.5 Å². The molecule has 0 saturated heterocycles. The minimum Gasteiger partial charge on any atom is -0.493 e. The molecule has 0 atom stereocenters. The van der Waals surface area contributed by atoms with Crippen molar-refractivity contribution in [2.45, 2.75) is 89.2 Å². The lowest BCUT2D eigenvalue weighted by atomic mass is 9.94. The van der Waals surface area contributed by atoms with Crippen LogP contribution in [0.3, 0.4) is 0 Å². The lowest BCUT2D eigenvalue weighted by Gasteiger charge is -2.29. The zero-order valence-corrected chi connectivity index (χ0v) is 19.4. The van der Waals surface area contributed by atoms with Gasteiger partial charge in [0.05, 0.1) is 35.8 Å². The van der Waals surface area contributed by atoms with Crippen LogP contribution in [-0.4, -0.2) is 37.4 Å². The third-order valence-electron chi connectivity index (χ3n) is 6.35. The number of fused-ring (bicyclic) bond motifs is 1. The monoisotopic (exact) mass is 446 g/mol. The Bertz CT molecular complexity index is 996. The molecule has 2 saturated carbocycles. The molecular formula is C24H34N2O4S. The number of ether oxygens (including phenoxy) is 2. The molecule has 7 heteroatoms. The van der Waals surface area contributed by atoms with Crippen molar-refractivity contribution in [3.63, 3.8) is 0 Å². The van der Waals surface area contributed by atoms with Gasteiger partial charge >= 0.3 is 0 Å². The van der Waals surface area contributed by atoms with E-state index in [1.165, 1.54) is 0 Å². The smallest absolute Gasteiger partial charge is 0.214 e. The highest BCUT2D eigenvalue weighted by molar-refractivity contribution is 7.90. The second kappa shape index (κ2) is 9.84. The first-order valence-corrected chi connectivity index (χ1v) is 13.2. The van der Waals surface area contributed by atoms with Crippen LogP contribution < -0.4 is 9.46 Å². The standard InChI is InChI=1S/C24H34N2O4S/c1-3-4-15-29-24-17(2)23(25-22-8-6-5-7-21(22)24)16-30-19-11-9-18(10-12-19)26-31(27,28)20-13-14-20/h5-8,18-20,26H,3-4,9-16H2,1-2H3. The molecule has 4 rings (SSSR count). The maximum Gasteiger partial charge on any atom is 0.214 e. The van der Waals surface area contributed by atoms with Crippen LogP contribution >= 0.6 is 0 Å². The first-order valence-electron chi connectivity index (χ1n) is 11.6. The fourth-order valence-corrected chi connectivity index (χ4v) is 5.87. The highest BCUT2D eigenvalue weighted by atomic mass is 32.2. The van der Waals surface area contributed by atoms with E-state index < -0.39 is 10.0 Å². The average molecular weight is 447 g/mol. The molecule has 6 nitrogen and oxygen atoms in total. The predicted octanol–water partition coefficient (Wildman–Crippen LogP) is 4.63. The van der Waals surface area contributed by atoms with Gasteiger partial charge in [-0.1, -0.05) is 25.5 Å². The molecule has 0 bridgehead atoms. The van der Waals surface area contributed by atoms with Crippen LogP contribution in [0.1, 0.15) is 69.5 Å². The van der Waals surface area contributed by atoms with Crippen LogP contribution in [0.25, 0.3) is 10.9 Å². The third-order valence-corrected chi connectivity index (χ3v) is 8.36. The number of sulfonamides is 1. The molecule has 1 heterocycles. The molecule has 1 aromatic heterocycles. The van der Waals surface area contributed by atoms with E-state index in [0.29, 0.717) is 13.2 Å². The molecule has 2 fully saturated rings. The Morgan fingerprint density at radius 1 is 1.10 bits per heavy atom. The minimum absolute atomic E-state index is 0.0459. The molecule has 1 aromatic carbocycles. The van der Waals surface area contributed by atoms with Gasteiger partial charge in [0.1, 0.15) is 5.75 Å². The quantitative estimate of drug-likeness (QED) is 0.538. The summed E-state index contributed by atoms with van der Waals surface area (Å²) in [5, 5.41) is 0.889. The van der Waals surface area contributed by atoms with Crippen LogP contribution in [0.2, 0.25) is 0 Å². The number of benzene rings is 1. The fraction of sp³-hybridized carbons (Fsp3) is 0.625. The molecule has 2 aromatic rings. The Morgan fingerprint density at radius 3 is 2.55 bits per heavy atom. The van der Waals surface area contributed by atoms with Crippen molar-refractivity contribution in [2.75, 3.05) is 6.61 Å². The van der Waals surface area contributed by atoms with E-state index in [1.54, 1.807) is 0 Å². The Labute approximate surface area is 185 Å². The van der Waals surface area contributed by atoms with Crippen molar-refractivity contribution in [3.8, 4) is 5.75 Å². The van der Waals surface area contributed by atoms with E-state index in [-0.39, 0.29) is 17.4 Å². The van der Waals surface area contributed by atoms with Crippen LogP contribution in [-0.2, 0) is 21.4 Å². The summed E-state index contributed by atoms with van der Waals surface area (Å²) in [6, 6.07) is 8.13. The maximum absolute atomic E-state index is 12.2. The predicted molar refractivity (Wildman–Crippen MR) is 123 cm³/mol. The van der Waals surface area contributed by atoms with Gasteiger partial charge in [0.15, 0.2) is 0 Å². The van der Waals surface area contributed by atoms with Crippen molar-refractivity contribution in [1.82, 2.24) is 9.71 Å². The first kappa shape index (κ1) is 22.5. The summed E-state index contributed by atoms with van der Waals surface area (Å²) in [6.45, 7) is 5.37. The minimum atomic E-state index is -3.12. The molecule has 0 spiro atoms. The number of aromatic nitrogens is 1. The van der Waals surface area contributed by atoms with E-state index in [1.807, 2.05) is 18.2 Å². The van der Waals surface area contributed by atoms with Crippen molar-refractivity contribution >= 4 is 20.9 Å². The van der Waals surface area contributed by atoms with E-state index in [2.05, 4.69) is 24.6 Å². The number of hydrogen-bond acceptors (Lipinski definition) is 5. The lowest BCUT2D eigenvalue weighted by molar-refractivity contribution is 0.0110. The fourth-order valence-electron chi connectivity index (χ4n) is 4.22. The van der Waals surface area contributed by atoms with Gasteiger partial charge in [-0.25, -0.2) is 18.1 Å². The second-order valence-electron chi connectivity index (χ2n) is 8.88. The molecule has 2 aliphatic rings. The van der Waals surface area contributed by atoms with Gasteiger partial charge in [-0.2, -0.15) is 0 Å². The van der Waals surface area contributed by atoms with E-state index in [9.17, 15) is 8.42 Å². The number of rotatable bonds is 10. The van der Waals surface area contributed by atoms with Gasteiger partial charge in [0.25, 0.3) is 0 Å². The second-order valence-corrected chi connectivity index (χ2v) is 10.9. The third kappa shape index (κ3) is 5.57. The van der Waals surface area contributed by atoms with Crippen molar-refractivity contribution < 1.29 is 17.9 Å². The molecule has 0 aliphatic heterocycles. The van der Waals surface area contributed by atoms with Crippen molar-refractivity contribution in [2.24, 2.45) is 0 Å². The first-order chi connectivity index (χ1) is 15.0. The topological polar surface area (TPSA) is 77.5 Å². The summed E-state index contributed by atoms with van der Waals surface area (Å²) in [7, 11) is -3.12. The molecule has 0 amide bonds. The van der Waals surface area contributed by atoms with Gasteiger partial charge in [0.2, 0.25) is 10.0 Å². The zero-order valence-electron chi connectivity index (χ0n) is 18.6. The molecule has 0 radical (unpaired) electrons. The molecule has 2 aliphatic carbocycles. The Morgan fingerprint density at radius 2 is 1.84 bits per heavy atom. The van der Waals surface area contributed by atoms with Crippen molar-refractivity contribution in [1.29, 1.82) is 0 Å². The van der Waals surface area contributed by atoms with Gasteiger partial charge < -0.3 is 9.47 Å². The van der Waals surface area contributed by atoms with Crippen LogP contribution in [0, 0.1) is 6.92 Å². The Kier molecular flexibility index (Phi) is 7.14. The number of unbranched alkanes of at least 4 members (excludes halogenated alkanes) is 1. The number of pyridine rings is 1. The average Bonchev–Trinajstić information content (AvgIpc) is 3.61.